The molecule has 1 aromatic carbocycles. The lowest BCUT2D eigenvalue weighted by molar-refractivity contribution is -0.116. The first kappa shape index (κ1) is 18.8. The average molecular weight is 407 g/mol. The number of methoxy groups -OCH3 is 1. The predicted molar refractivity (Wildman–Crippen MR) is 109 cm³/mol. The molecule has 0 spiro atoms. The molecule has 9 heteroatoms. The van der Waals surface area contributed by atoms with Gasteiger partial charge in [-0.1, -0.05) is 5.16 Å². The Balaban J connectivity index is 1.32. The number of carbonyl (C=O) groups excluding carboxylic acids is 1. The smallest absolute Gasteiger partial charge is 0.227 e. The molecule has 0 aliphatic carbocycles. The molecule has 3 heterocycles. The highest BCUT2D eigenvalue weighted by atomic mass is 32.1. The van der Waals surface area contributed by atoms with Gasteiger partial charge in [0.25, 0.3) is 0 Å². The number of thiazole rings is 1. The number of pyridine rings is 1. The maximum absolute atomic E-state index is 12.2. The van der Waals surface area contributed by atoms with Crippen molar-refractivity contribution in [1.29, 1.82) is 0 Å². The number of hydrogen-bond acceptors (Lipinski definition) is 8. The van der Waals surface area contributed by atoms with Crippen molar-refractivity contribution in [1.82, 2.24) is 20.1 Å². The highest BCUT2D eigenvalue weighted by molar-refractivity contribution is 7.14. The second kappa shape index (κ2) is 8.61. The summed E-state index contributed by atoms with van der Waals surface area (Å²) in [6, 6.07) is 11.1. The van der Waals surface area contributed by atoms with E-state index in [-0.39, 0.29) is 12.3 Å². The molecule has 0 saturated carbocycles. The van der Waals surface area contributed by atoms with Gasteiger partial charge in [0.1, 0.15) is 5.75 Å². The number of nitrogens with zero attached hydrogens (tertiary/aromatic N) is 4. The van der Waals surface area contributed by atoms with Crippen LogP contribution >= 0.6 is 11.3 Å². The fourth-order valence-corrected chi connectivity index (χ4v) is 3.33. The number of anilines is 1. The number of nitrogens with one attached hydrogen (secondary N) is 1. The minimum absolute atomic E-state index is 0.165. The number of hydrogen-bond donors (Lipinski definition) is 1. The van der Waals surface area contributed by atoms with Crippen LogP contribution < -0.4 is 10.1 Å². The Labute approximate surface area is 170 Å². The van der Waals surface area contributed by atoms with E-state index in [2.05, 4.69) is 25.4 Å². The van der Waals surface area contributed by atoms with Crippen LogP contribution in [0.25, 0.3) is 22.6 Å². The molecule has 0 radical (unpaired) electrons. The Kier molecular flexibility index (Phi) is 5.57. The van der Waals surface area contributed by atoms with E-state index < -0.39 is 0 Å². The van der Waals surface area contributed by atoms with E-state index in [0.717, 1.165) is 22.6 Å². The van der Waals surface area contributed by atoms with Crippen molar-refractivity contribution in [2.24, 2.45) is 0 Å². The van der Waals surface area contributed by atoms with Gasteiger partial charge in [-0.3, -0.25) is 9.78 Å². The van der Waals surface area contributed by atoms with Gasteiger partial charge in [-0.25, -0.2) is 4.98 Å². The quantitative estimate of drug-likeness (QED) is 0.496. The van der Waals surface area contributed by atoms with Crippen molar-refractivity contribution in [3.63, 3.8) is 0 Å². The molecule has 4 rings (SSSR count). The molecule has 0 aliphatic rings. The van der Waals surface area contributed by atoms with Crippen LogP contribution in [-0.4, -0.2) is 33.1 Å². The fraction of sp³-hybridized carbons (Fsp3) is 0.150. The van der Waals surface area contributed by atoms with Gasteiger partial charge in [0.2, 0.25) is 17.6 Å². The van der Waals surface area contributed by atoms with Gasteiger partial charge < -0.3 is 14.6 Å². The van der Waals surface area contributed by atoms with Gasteiger partial charge in [0, 0.05) is 41.7 Å². The van der Waals surface area contributed by atoms with Crippen LogP contribution in [0.1, 0.15) is 12.3 Å². The summed E-state index contributed by atoms with van der Waals surface area (Å²) >= 11 is 1.37. The number of ether oxygens (including phenoxy) is 1. The number of aromatic nitrogens is 4. The Morgan fingerprint density at radius 2 is 2.03 bits per heavy atom. The van der Waals surface area contributed by atoms with Crippen molar-refractivity contribution < 1.29 is 14.1 Å². The average Bonchev–Trinajstić information content (AvgIpc) is 3.43. The molecular weight excluding hydrogens is 390 g/mol. The monoisotopic (exact) mass is 407 g/mol. The molecular formula is C20H17N5O3S. The van der Waals surface area contributed by atoms with Gasteiger partial charge in [0.15, 0.2) is 5.13 Å². The minimum atomic E-state index is -0.165. The lowest BCUT2D eigenvalue weighted by Gasteiger charge is -1.99. The molecule has 29 heavy (non-hydrogen) atoms. The summed E-state index contributed by atoms with van der Waals surface area (Å²) in [4.78, 5) is 25.1. The van der Waals surface area contributed by atoms with Crippen LogP contribution in [0.15, 0.2) is 58.7 Å². The number of amides is 1. The van der Waals surface area contributed by atoms with Crippen LogP contribution in [0.5, 0.6) is 5.75 Å². The first-order valence-electron chi connectivity index (χ1n) is 8.84. The van der Waals surface area contributed by atoms with Crippen molar-refractivity contribution in [2.75, 3.05) is 12.4 Å². The van der Waals surface area contributed by atoms with E-state index in [0.29, 0.717) is 23.3 Å². The third-order valence-corrected chi connectivity index (χ3v) is 4.85. The normalized spacial score (nSPS) is 10.7. The van der Waals surface area contributed by atoms with Crippen LogP contribution in [0, 0.1) is 0 Å². The van der Waals surface area contributed by atoms with Gasteiger partial charge >= 0.3 is 0 Å². The molecule has 3 aromatic heterocycles. The highest BCUT2D eigenvalue weighted by Crippen LogP contribution is 2.24. The second-order valence-corrected chi connectivity index (χ2v) is 6.93. The first-order chi connectivity index (χ1) is 14.2. The predicted octanol–water partition coefficient (Wildman–Crippen LogP) is 3.84. The molecule has 146 valence electrons. The zero-order valence-corrected chi connectivity index (χ0v) is 16.3. The molecule has 1 amide bonds. The number of aryl methyl sites for hydroxylation is 1. The third kappa shape index (κ3) is 4.64. The Morgan fingerprint density at radius 3 is 2.79 bits per heavy atom. The van der Waals surface area contributed by atoms with Gasteiger partial charge in [-0.2, -0.15) is 4.98 Å². The second-order valence-electron chi connectivity index (χ2n) is 6.07. The van der Waals surface area contributed by atoms with E-state index in [1.165, 1.54) is 11.3 Å². The summed E-state index contributed by atoms with van der Waals surface area (Å²) in [5.41, 5.74) is 2.50. The maximum atomic E-state index is 12.2. The van der Waals surface area contributed by atoms with Gasteiger partial charge in [-0.15, -0.1) is 11.3 Å². The van der Waals surface area contributed by atoms with Crippen LogP contribution in [0.3, 0.4) is 0 Å². The lowest BCUT2D eigenvalue weighted by atomic mass is 10.2. The summed E-state index contributed by atoms with van der Waals surface area (Å²) in [5, 5.41) is 9.18. The molecule has 0 fully saturated rings. The minimum Gasteiger partial charge on any atom is -0.497 e. The van der Waals surface area contributed by atoms with Crippen LogP contribution in [-0.2, 0) is 11.2 Å². The van der Waals surface area contributed by atoms with E-state index in [4.69, 9.17) is 9.26 Å². The number of carbonyl (C=O) groups is 1. The largest absolute Gasteiger partial charge is 0.497 e. The van der Waals surface area contributed by atoms with Crippen molar-refractivity contribution >= 4 is 22.4 Å². The van der Waals surface area contributed by atoms with E-state index in [9.17, 15) is 4.79 Å². The molecule has 0 unspecified atom stereocenters. The van der Waals surface area contributed by atoms with Gasteiger partial charge in [0.05, 0.1) is 12.8 Å². The molecule has 0 bridgehead atoms. The van der Waals surface area contributed by atoms with Crippen molar-refractivity contribution in [3.05, 3.63) is 60.1 Å². The molecule has 0 saturated heterocycles. The Bertz CT molecular complexity index is 1090. The fourth-order valence-electron chi connectivity index (χ4n) is 2.59. The summed E-state index contributed by atoms with van der Waals surface area (Å²) in [6.45, 7) is 0. The summed E-state index contributed by atoms with van der Waals surface area (Å²) in [6.07, 6.45) is 3.99. The number of rotatable bonds is 7. The van der Waals surface area contributed by atoms with E-state index in [1.54, 1.807) is 19.5 Å². The zero-order valence-electron chi connectivity index (χ0n) is 15.5. The molecule has 1 N–H and O–H groups in total. The lowest BCUT2D eigenvalue weighted by Crippen LogP contribution is -2.12. The maximum Gasteiger partial charge on any atom is 0.227 e. The zero-order chi connectivity index (χ0) is 20.1. The topological polar surface area (TPSA) is 103 Å². The third-order valence-electron chi connectivity index (χ3n) is 4.09. The Morgan fingerprint density at radius 1 is 1.17 bits per heavy atom. The van der Waals surface area contributed by atoms with Gasteiger partial charge in [-0.05, 0) is 36.4 Å². The molecule has 0 aliphatic heterocycles. The molecule has 0 atom stereocenters. The molecule has 4 aromatic rings. The summed E-state index contributed by atoms with van der Waals surface area (Å²) in [7, 11) is 1.61. The molecule has 8 nitrogen and oxygen atoms in total. The van der Waals surface area contributed by atoms with Crippen molar-refractivity contribution in [3.8, 4) is 28.4 Å². The van der Waals surface area contributed by atoms with Crippen molar-refractivity contribution in [2.45, 2.75) is 12.8 Å². The van der Waals surface area contributed by atoms with E-state index >= 15 is 0 Å². The van der Waals surface area contributed by atoms with Crippen LogP contribution in [0.2, 0.25) is 0 Å². The van der Waals surface area contributed by atoms with Crippen LogP contribution in [0.4, 0.5) is 5.13 Å². The highest BCUT2D eigenvalue weighted by Gasteiger charge is 2.12. The number of benzene rings is 1. The SMILES string of the molecule is COc1ccc(-c2noc(CCC(=O)Nc3nc(-c4cccnc4)cs3)n2)cc1. The van der Waals surface area contributed by atoms with E-state index in [1.807, 2.05) is 41.8 Å². The summed E-state index contributed by atoms with van der Waals surface area (Å²) in [5.74, 6) is 1.47. The summed E-state index contributed by atoms with van der Waals surface area (Å²) < 4.78 is 10.4. The standard InChI is InChI=1S/C20H17N5O3S/c1-27-15-6-4-13(5-7-15)19-24-18(28-25-19)9-8-17(26)23-20-22-16(12-29-20)14-3-2-10-21-11-14/h2-7,10-12H,8-9H2,1H3,(H,22,23,26). The first-order valence-corrected chi connectivity index (χ1v) is 9.72. The Hall–Kier alpha value is -3.59.